The standard InChI is InChI=1S/C73H116O6/c1-4-7-10-13-16-18-20-22-24-26-28-30-31-32-33-34-35-36-37-38-39-40-41-43-44-46-48-50-52-54-57-60-63-66-72(75)78-69-70(68-77-71(74)65-62-59-56-15-12-9-6-3)79-73(76)67-64-61-58-55-53-51-49-47-45-42-29-27-25-23-21-19-17-14-11-8-5-2/h7,10,16,18,21-24,27-30,32-33,35-36,38-39,41,43,45-48,52,54,70H,4-6,8-9,11-15,17,19-20,25-26,31,34,37,40,42,44,49-51,53,55-69H2,1-3H3/b10-7-,18-16-,23-21-,24-22-,29-27-,30-28-,33-32-,36-35-,39-38-,43-41-,47-45-,48-46-,54-52-. The summed E-state index contributed by atoms with van der Waals surface area (Å²) in [6, 6.07) is 0. The Hall–Kier alpha value is -4.97. The van der Waals surface area contributed by atoms with Gasteiger partial charge in [-0.2, -0.15) is 0 Å². The van der Waals surface area contributed by atoms with E-state index in [1.54, 1.807) is 0 Å². The Morgan fingerprint density at radius 2 is 0.494 bits per heavy atom. The quantitative estimate of drug-likeness (QED) is 0.0261. The van der Waals surface area contributed by atoms with Crippen LogP contribution in [0.3, 0.4) is 0 Å². The molecule has 0 N–H and O–H groups in total. The molecule has 0 aliphatic carbocycles. The van der Waals surface area contributed by atoms with Crippen molar-refractivity contribution in [2.75, 3.05) is 13.2 Å². The van der Waals surface area contributed by atoms with Crippen LogP contribution in [0.5, 0.6) is 0 Å². The lowest BCUT2D eigenvalue weighted by atomic mass is 10.1. The Balaban J connectivity index is 4.29. The normalized spacial score (nSPS) is 13.2. The summed E-state index contributed by atoms with van der Waals surface area (Å²) in [5.74, 6) is -0.972. The van der Waals surface area contributed by atoms with E-state index in [0.717, 1.165) is 141 Å². The molecular formula is C73H116O6. The van der Waals surface area contributed by atoms with Gasteiger partial charge in [-0.1, -0.05) is 269 Å². The molecule has 0 rings (SSSR count). The van der Waals surface area contributed by atoms with Gasteiger partial charge in [0.25, 0.3) is 0 Å². The number of allylic oxidation sites excluding steroid dienone is 26. The molecule has 0 aromatic heterocycles. The zero-order valence-electron chi connectivity index (χ0n) is 50.8. The molecule has 0 saturated carbocycles. The molecule has 0 amide bonds. The topological polar surface area (TPSA) is 78.9 Å². The minimum absolute atomic E-state index is 0.102. The van der Waals surface area contributed by atoms with E-state index < -0.39 is 6.10 Å². The molecule has 444 valence electrons. The van der Waals surface area contributed by atoms with E-state index in [1.807, 2.05) is 0 Å². The summed E-state index contributed by atoms with van der Waals surface area (Å²) in [5, 5.41) is 0. The van der Waals surface area contributed by atoms with Crippen LogP contribution in [0.2, 0.25) is 0 Å². The highest BCUT2D eigenvalue weighted by molar-refractivity contribution is 5.71. The second-order valence-electron chi connectivity index (χ2n) is 20.6. The number of carbonyl (C=O) groups is 3. The van der Waals surface area contributed by atoms with E-state index >= 15 is 0 Å². The lowest BCUT2D eigenvalue weighted by molar-refractivity contribution is -0.167. The predicted octanol–water partition coefficient (Wildman–Crippen LogP) is 22.1. The second kappa shape index (κ2) is 65.5. The summed E-state index contributed by atoms with van der Waals surface area (Å²) in [6.07, 6.45) is 95.6. The summed E-state index contributed by atoms with van der Waals surface area (Å²) in [5.41, 5.74) is 0. The third-order valence-electron chi connectivity index (χ3n) is 13.0. The van der Waals surface area contributed by atoms with Crippen molar-refractivity contribution in [2.24, 2.45) is 0 Å². The molecule has 79 heavy (non-hydrogen) atoms. The van der Waals surface area contributed by atoms with Gasteiger partial charge in [-0.25, -0.2) is 0 Å². The van der Waals surface area contributed by atoms with Crippen molar-refractivity contribution in [3.63, 3.8) is 0 Å². The number of hydrogen-bond donors (Lipinski definition) is 0. The van der Waals surface area contributed by atoms with E-state index in [1.165, 1.54) is 77.0 Å². The first-order valence-electron chi connectivity index (χ1n) is 32.0. The number of esters is 3. The molecule has 0 fully saturated rings. The van der Waals surface area contributed by atoms with Crippen molar-refractivity contribution >= 4 is 17.9 Å². The highest BCUT2D eigenvalue weighted by Crippen LogP contribution is 2.13. The molecule has 0 heterocycles. The summed E-state index contributed by atoms with van der Waals surface area (Å²) < 4.78 is 16.8. The second-order valence-corrected chi connectivity index (χ2v) is 20.6. The van der Waals surface area contributed by atoms with Crippen molar-refractivity contribution < 1.29 is 28.6 Å². The van der Waals surface area contributed by atoms with Gasteiger partial charge in [-0.3, -0.25) is 14.4 Å². The molecule has 0 aromatic carbocycles. The number of ether oxygens (including phenoxy) is 3. The molecule has 0 saturated heterocycles. The fraction of sp³-hybridized carbons (Fsp3) is 0.603. The van der Waals surface area contributed by atoms with Crippen molar-refractivity contribution in [3.05, 3.63) is 158 Å². The SMILES string of the molecule is CC/C=C\C/C=C\C/C=C\C/C=C\C/C=C\C/C=C\C/C=C\C/C=C\C/C=C\C/C=C\CCCCC(=O)OCC(COC(=O)CCCCCCCCC)OC(=O)CCCCCCCC/C=C\C/C=C\C/C=C\CCCCCCC. The number of carbonyl (C=O) groups excluding carboxylic acids is 3. The van der Waals surface area contributed by atoms with Crippen molar-refractivity contribution in [3.8, 4) is 0 Å². The lowest BCUT2D eigenvalue weighted by Gasteiger charge is -2.18. The molecule has 0 aliphatic heterocycles. The zero-order valence-corrected chi connectivity index (χ0v) is 50.8. The minimum Gasteiger partial charge on any atom is -0.462 e. The fourth-order valence-corrected chi connectivity index (χ4v) is 8.24. The first-order chi connectivity index (χ1) is 39.0. The van der Waals surface area contributed by atoms with Crippen molar-refractivity contribution in [1.82, 2.24) is 0 Å². The van der Waals surface area contributed by atoms with Crippen LogP contribution in [0, 0.1) is 0 Å². The molecular weight excluding hydrogens is 973 g/mol. The predicted molar refractivity (Wildman–Crippen MR) is 343 cm³/mol. The molecule has 0 radical (unpaired) electrons. The van der Waals surface area contributed by atoms with Crippen LogP contribution >= 0.6 is 0 Å². The molecule has 0 aliphatic rings. The summed E-state index contributed by atoms with van der Waals surface area (Å²) in [6.45, 7) is 6.42. The third kappa shape index (κ3) is 63.7. The molecule has 0 spiro atoms. The van der Waals surface area contributed by atoms with Gasteiger partial charge in [-0.15, -0.1) is 0 Å². The van der Waals surface area contributed by atoms with E-state index in [0.29, 0.717) is 25.7 Å². The Kier molecular flexibility index (Phi) is 61.4. The van der Waals surface area contributed by atoms with Gasteiger partial charge in [0, 0.05) is 19.3 Å². The van der Waals surface area contributed by atoms with Gasteiger partial charge in [0.2, 0.25) is 0 Å². The largest absolute Gasteiger partial charge is 0.462 e. The molecule has 0 bridgehead atoms. The van der Waals surface area contributed by atoms with Gasteiger partial charge in [-0.05, 0) is 135 Å². The van der Waals surface area contributed by atoms with Crippen LogP contribution < -0.4 is 0 Å². The summed E-state index contributed by atoms with van der Waals surface area (Å²) >= 11 is 0. The Morgan fingerprint density at radius 1 is 0.266 bits per heavy atom. The zero-order chi connectivity index (χ0) is 57.1. The van der Waals surface area contributed by atoms with Gasteiger partial charge < -0.3 is 14.2 Å². The molecule has 0 aromatic rings. The maximum atomic E-state index is 12.8. The van der Waals surface area contributed by atoms with E-state index in [-0.39, 0.29) is 31.1 Å². The van der Waals surface area contributed by atoms with Crippen LogP contribution in [0.1, 0.15) is 265 Å². The number of hydrogen-bond acceptors (Lipinski definition) is 6. The molecule has 1 atom stereocenters. The fourth-order valence-electron chi connectivity index (χ4n) is 8.24. The smallest absolute Gasteiger partial charge is 0.306 e. The van der Waals surface area contributed by atoms with Gasteiger partial charge in [0.15, 0.2) is 6.10 Å². The first kappa shape index (κ1) is 74.0. The van der Waals surface area contributed by atoms with Gasteiger partial charge in [0.05, 0.1) is 0 Å². The van der Waals surface area contributed by atoms with Gasteiger partial charge >= 0.3 is 17.9 Å². The highest BCUT2D eigenvalue weighted by atomic mass is 16.6. The van der Waals surface area contributed by atoms with Crippen LogP contribution in [-0.4, -0.2) is 37.2 Å². The molecule has 1 unspecified atom stereocenters. The van der Waals surface area contributed by atoms with Gasteiger partial charge in [0.1, 0.15) is 13.2 Å². The Morgan fingerprint density at radius 3 is 0.797 bits per heavy atom. The maximum absolute atomic E-state index is 12.8. The van der Waals surface area contributed by atoms with Crippen LogP contribution in [0.25, 0.3) is 0 Å². The average Bonchev–Trinajstić information content (AvgIpc) is 3.45. The van der Waals surface area contributed by atoms with Crippen LogP contribution in [0.4, 0.5) is 0 Å². The van der Waals surface area contributed by atoms with E-state index in [4.69, 9.17) is 14.2 Å². The van der Waals surface area contributed by atoms with E-state index in [9.17, 15) is 14.4 Å². The van der Waals surface area contributed by atoms with E-state index in [2.05, 4.69) is 179 Å². The Bertz CT molecular complexity index is 1780. The van der Waals surface area contributed by atoms with Crippen molar-refractivity contribution in [1.29, 1.82) is 0 Å². The summed E-state index contributed by atoms with van der Waals surface area (Å²) in [4.78, 5) is 38.0. The number of unbranched alkanes of at least 4 members (excludes halogenated alkanes) is 19. The van der Waals surface area contributed by atoms with Crippen LogP contribution in [-0.2, 0) is 28.6 Å². The summed E-state index contributed by atoms with van der Waals surface area (Å²) in [7, 11) is 0. The third-order valence-corrected chi connectivity index (χ3v) is 13.0. The highest BCUT2D eigenvalue weighted by Gasteiger charge is 2.19. The van der Waals surface area contributed by atoms with Crippen molar-refractivity contribution in [2.45, 2.75) is 271 Å². The monoisotopic (exact) mass is 1090 g/mol. The number of rotatable bonds is 56. The molecule has 6 heteroatoms. The average molecular weight is 1090 g/mol. The van der Waals surface area contributed by atoms with Crippen LogP contribution in [0.15, 0.2) is 158 Å². The maximum Gasteiger partial charge on any atom is 0.306 e. The first-order valence-corrected chi connectivity index (χ1v) is 32.0. The Labute approximate surface area is 486 Å². The lowest BCUT2D eigenvalue weighted by Crippen LogP contribution is -2.30. The minimum atomic E-state index is -0.808. The molecule has 6 nitrogen and oxygen atoms in total.